The first-order valence-corrected chi connectivity index (χ1v) is 6.25. The van der Waals surface area contributed by atoms with Gasteiger partial charge in [-0.25, -0.2) is 0 Å². The van der Waals surface area contributed by atoms with E-state index in [1.165, 1.54) is 16.8 Å². The number of phenols is 1. The molecule has 2 nitrogen and oxygen atoms in total. The standard InChI is InChI=1S/C16H19NO/c1-12-5-3-4-6-16(12)17-13(2)11-14-7-9-15(18)10-8-14/h3-10,13,17-18H,11H2,1-2H3. The molecule has 18 heavy (non-hydrogen) atoms. The van der Waals surface area contributed by atoms with Gasteiger partial charge in [-0.05, 0) is 49.6 Å². The maximum Gasteiger partial charge on any atom is 0.115 e. The molecule has 0 fully saturated rings. The Bertz CT molecular complexity index is 505. The van der Waals surface area contributed by atoms with Crippen molar-refractivity contribution in [3.63, 3.8) is 0 Å². The van der Waals surface area contributed by atoms with Gasteiger partial charge in [0.05, 0.1) is 0 Å². The fraction of sp³-hybridized carbons (Fsp3) is 0.250. The van der Waals surface area contributed by atoms with E-state index >= 15 is 0 Å². The fourth-order valence-corrected chi connectivity index (χ4v) is 2.04. The van der Waals surface area contributed by atoms with Crippen LogP contribution in [0, 0.1) is 6.92 Å². The Morgan fingerprint density at radius 2 is 1.72 bits per heavy atom. The third kappa shape index (κ3) is 3.27. The molecule has 0 spiro atoms. The lowest BCUT2D eigenvalue weighted by atomic mass is 10.1. The molecular weight excluding hydrogens is 222 g/mol. The van der Waals surface area contributed by atoms with Crippen molar-refractivity contribution < 1.29 is 5.11 Å². The van der Waals surface area contributed by atoms with E-state index in [4.69, 9.17) is 0 Å². The normalized spacial score (nSPS) is 12.1. The van der Waals surface area contributed by atoms with Gasteiger partial charge in [-0.1, -0.05) is 30.3 Å². The Morgan fingerprint density at radius 1 is 1.06 bits per heavy atom. The van der Waals surface area contributed by atoms with E-state index in [1.807, 2.05) is 24.3 Å². The highest BCUT2D eigenvalue weighted by Gasteiger charge is 2.05. The van der Waals surface area contributed by atoms with Gasteiger partial charge >= 0.3 is 0 Å². The van der Waals surface area contributed by atoms with Crippen molar-refractivity contribution in [3.8, 4) is 5.75 Å². The lowest BCUT2D eigenvalue weighted by Crippen LogP contribution is -2.18. The summed E-state index contributed by atoms with van der Waals surface area (Å²) in [5.41, 5.74) is 3.67. The second kappa shape index (κ2) is 5.58. The molecule has 0 aliphatic heterocycles. The molecule has 2 aromatic rings. The summed E-state index contributed by atoms with van der Waals surface area (Å²) in [5.74, 6) is 0.318. The zero-order valence-corrected chi connectivity index (χ0v) is 10.9. The molecule has 2 N–H and O–H groups in total. The number of nitrogens with one attached hydrogen (secondary N) is 1. The summed E-state index contributed by atoms with van der Waals surface area (Å²) in [6.45, 7) is 4.27. The monoisotopic (exact) mass is 241 g/mol. The number of aromatic hydroxyl groups is 1. The predicted molar refractivity (Wildman–Crippen MR) is 76.1 cm³/mol. The van der Waals surface area contributed by atoms with E-state index in [0.29, 0.717) is 11.8 Å². The number of hydrogen-bond donors (Lipinski definition) is 2. The Hall–Kier alpha value is -1.96. The quantitative estimate of drug-likeness (QED) is 0.854. The Kier molecular flexibility index (Phi) is 3.88. The molecular formula is C16H19NO. The molecule has 0 aromatic heterocycles. The third-order valence-corrected chi connectivity index (χ3v) is 3.03. The third-order valence-electron chi connectivity index (χ3n) is 3.03. The fourth-order valence-electron chi connectivity index (χ4n) is 2.04. The molecule has 94 valence electrons. The molecule has 0 saturated carbocycles. The average Bonchev–Trinajstić information content (AvgIpc) is 2.35. The summed E-state index contributed by atoms with van der Waals surface area (Å²) in [6.07, 6.45) is 0.939. The predicted octanol–water partition coefficient (Wildman–Crippen LogP) is 3.74. The van der Waals surface area contributed by atoms with E-state index in [2.05, 4.69) is 31.3 Å². The summed E-state index contributed by atoms with van der Waals surface area (Å²) in [5, 5.41) is 12.8. The minimum absolute atomic E-state index is 0.318. The molecule has 0 aliphatic carbocycles. The van der Waals surface area contributed by atoms with Gasteiger partial charge in [-0.15, -0.1) is 0 Å². The van der Waals surface area contributed by atoms with Crippen LogP contribution >= 0.6 is 0 Å². The summed E-state index contributed by atoms with van der Waals surface area (Å²) >= 11 is 0. The molecule has 1 unspecified atom stereocenters. The van der Waals surface area contributed by atoms with Crippen LogP contribution in [-0.2, 0) is 6.42 Å². The number of hydrogen-bond acceptors (Lipinski definition) is 2. The van der Waals surface area contributed by atoms with Gasteiger partial charge in [0, 0.05) is 11.7 Å². The molecule has 0 amide bonds. The Morgan fingerprint density at radius 3 is 2.39 bits per heavy atom. The van der Waals surface area contributed by atoms with Crippen molar-refractivity contribution in [1.29, 1.82) is 0 Å². The molecule has 2 heteroatoms. The first-order valence-electron chi connectivity index (χ1n) is 6.25. The van der Waals surface area contributed by atoms with E-state index in [-0.39, 0.29) is 0 Å². The van der Waals surface area contributed by atoms with Gasteiger partial charge in [-0.3, -0.25) is 0 Å². The van der Waals surface area contributed by atoms with Crippen LogP contribution < -0.4 is 5.32 Å². The minimum Gasteiger partial charge on any atom is -0.508 e. The average molecular weight is 241 g/mol. The number of benzene rings is 2. The van der Waals surface area contributed by atoms with Crippen molar-refractivity contribution in [1.82, 2.24) is 0 Å². The first-order chi connectivity index (χ1) is 8.65. The Labute approximate surface area is 108 Å². The van der Waals surface area contributed by atoms with Crippen LogP contribution in [-0.4, -0.2) is 11.1 Å². The van der Waals surface area contributed by atoms with E-state index in [0.717, 1.165) is 6.42 Å². The molecule has 1 atom stereocenters. The summed E-state index contributed by atoms with van der Waals surface area (Å²) < 4.78 is 0. The van der Waals surface area contributed by atoms with Gasteiger partial charge in [-0.2, -0.15) is 0 Å². The molecule has 0 heterocycles. The van der Waals surface area contributed by atoms with Crippen molar-refractivity contribution in [3.05, 3.63) is 59.7 Å². The maximum atomic E-state index is 9.25. The highest BCUT2D eigenvalue weighted by molar-refractivity contribution is 5.51. The van der Waals surface area contributed by atoms with Gasteiger partial charge < -0.3 is 10.4 Å². The van der Waals surface area contributed by atoms with Crippen molar-refractivity contribution in [2.24, 2.45) is 0 Å². The lowest BCUT2D eigenvalue weighted by Gasteiger charge is -2.17. The molecule has 0 radical (unpaired) electrons. The number of phenolic OH excluding ortho intramolecular Hbond substituents is 1. The van der Waals surface area contributed by atoms with Crippen molar-refractivity contribution in [2.75, 3.05) is 5.32 Å². The van der Waals surface area contributed by atoms with Gasteiger partial charge in [0.15, 0.2) is 0 Å². The van der Waals surface area contributed by atoms with E-state index in [9.17, 15) is 5.11 Å². The lowest BCUT2D eigenvalue weighted by molar-refractivity contribution is 0.475. The largest absolute Gasteiger partial charge is 0.508 e. The van der Waals surface area contributed by atoms with Crippen LogP contribution in [0.3, 0.4) is 0 Å². The Balaban J connectivity index is 1.99. The van der Waals surface area contributed by atoms with Crippen LogP contribution in [0.2, 0.25) is 0 Å². The number of para-hydroxylation sites is 1. The number of anilines is 1. The van der Waals surface area contributed by atoms with E-state index < -0.39 is 0 Å². The number of aryl methyl sites for hydroxylation is 1. The summed E-state index contributed by atoms with van der Waals surface area (Å²) in [7, 11) is 0. The summed E-state index contributed by atoms with van der Waals surface area (Å²) in [4.78, 5) is 0. The maximum absolute atomic E-state index is 9.25. The smallest absolute Gasteiger partial charge is 0.115 e. The molecule has 0 bridgehead atoms. The first kappa shape index (κ1) is 12.5. The molecule has 0 saturated heterocycles. The zero-order chi connectivity index (χ0) is 13.0. The number of rotatable bonds is 4. The van der Waals surface area contributed by atoms with Crippen molar-refractivity contribution in [2.45, 2.75) is 26.3 Å². The van der Waals surface area contributed by atoms with Crippen LogP contribution in [0.1, 0.15) is 18.1 Å². The highest BCUT2D eigenvalue weighted by Crippen LogP contribution is 2.17. The zero-order valence-electron chi connectivity index (χ0n) is 10.9. The topological polar surface area (TPSA) is 32.3 Å². The molecule has 2 rings (SSSR count). The van der Waals surface area contributed by atoms with Crippen molar-refractivity contribution >= 4 is 5.69 Å². The highest BCUT2D eigenvalue weighted by atomic mass is 16.3. The second-order valence-corrected chi connectivity index (χ2v) is 4.73. The molecule has 0 aliphatic rings. The van der Waals surface area contributed by atoms with Crippen LogP contribution in [0.5, 0.6) is 5.75 Å². The van der Waals surface area contributed by atoms with Crippen LogP contribution in [0.4, 0.5) is 5.69 Å². The van der Waals surface area contributed by atoms with E-state index in [1.54, 1.807) is 12.1 Å². The van der Waals surface area contributed by atoms with Gasteiger partial charge in [0.2, 0.25) is 0 Å². The van der Waals surface area contributed by atoms with Gasteiger partial charge in [0.25, 0.3) is 0 Å². The second-order valence-electron chi connectivity index (χ2n) is 4.73. The summed E-state index contributed by atoms with van der Waals surface area (Å²) in [6, 6.07) is 16.0. The van der Waals surface area contributed by atoms with Gasteiger partial charge in [0.1, 0.15) is 5.75 Å². The van der Waals surface area contributed by atoms with Crippen LogP contribution in [0.15, 0.2) is 48.5 Å². The SMILES string of the molecule is Cc1ccccc1NC(C)Cc1ccc(O)cc1. The molecule has 2 aromatic carbocycles. The van der Waals surface area contributed by atoms with Crippen LogP contribution in [0.25, 0.3) is 0 Å². The minimum atomic E-state index is 0.318.